The van der Waals surface area contributed by atoms with Gasteiger partial charge in [0.25, 0.3) is 0 Å². The molecule has 0 radical (unpaired) electrons. The fraction of sp³-hybridized carbons (Fsp3) is 0.923. The average Bonchev–Trinajstić information content (AvgIpc) is 2.64. The Labute approximate surface area is 105 Å². The van der Waals surface area contributed by atoms with E-state index in [1.54, 1.807) is 0 Å². The molecular weight excluding hydrogens is 214 g/mol. The van der Waals surface area contributed by atoms with Gasteiger partial charge in [0.2, 0.25) is 0 Å². The highest BCUT2D eigenvalue weighted by Gasteiger charge is 2.32. The minimum absolute atomic E-state index is 0.140. The molecule has 0 spiro atoms. The summed E-state index contributed by atoms with van der Waals surface area (Å²) in [6.07, 6.45) is 5.64. The monoisotopic (exact) mass is 241 g/mol. The largest absolute Gasteiger partial charge is 0.328 e. The fourth-order valence-electron chi connectivity index (χ4n) is 2.22. The lowest BCUT2D eigenvalue weighted by Gasteiger charge is -2.40. The van der Waals surface area contributed by atoms with E-state index < -0.39 is 0 Å². The number of nitrogens with two attached hydrogens (primary N) is 1. The minimum atomic E-state index is -0.219. The molecule has 1 atom stereocenters. The number of hydrogen-bond acceptors (Lipinski definition) is 2. The van der Waals surface area contributed by atoms with Crippen molar-refractivity contribution in [3.05, 3.63) is 0 Å². The second-order valence-corrected chi connectivity index (χ2v) is 5.30. The Morgan fingerprint density at radius 3 is 2.24 bits per heavy atom. The van der Waals surface area contributed by atoms with Crippen molar-refractivity contribution in [1.29, 1.82) is 0 Å². The number of nitrogens with zero attached hydrogens (tertiary/aromatic N) is 2. The summed E-state index contributed by atoms with van der Waals surface area (Å²) in [6, 6.07) is 0.140. The number of hydrogen-bond donors (Lipinski definition) is 1. The van der Waals surface area contributed by atoms with Gasteiger partial charge in [-0.15, -0.1) is 0 Å². The van der Waals surface area contributed by atoms with Gasteiger partial charge in [-0.25, -0.2) is 4.79 Å². The molecule has 4 heteroatoms. The Morgan fingerprint density at radius 2 is 1.82 bits per heavy atom. The number of carbonyl (C=O) groups is 1. The van der Waals surface area contributed by atoms with Crippen molar-refractivity contribution in [2.24, 2.45) is 5.73 Å². The van der Waals surface area contributed by atoms with Crippen molar-refractivity contribution >= 4 is 6.03 Å². The van der Waals surface area contributed by atoms with E-state index in [9.17, 15) is 4.79 Å². The van der Waals surface area contributed by atoms with Gasteiger partial charge in [0.05, 0.1) is 5.54 Å². The summed E-state index contributed by atoms with van der Waals surface area (Å²) in [5.41, 5.74) is 5.59. The van der Waals surface area contributed by atoms with Gasteiger partial charge in [-0.3, -0.25) is 0 Å². The molecule has 0 aliphatic carbocycles. The van der Waals surface area contributed by atoms with E-state index in [0.29, 0.717) is 6.54 Å². The predicted molar refractivity (Wildman–Crippen MR) is 71.0 cm³/mol. The van der Waals surface area contributed by atoms with E-state index >= 15 is 0 Å². The summed E-state index contributed by atoms with van der Waals surface area (Å²) in [6.45, 7) is 6.45. The van der Waals surface area contributed by atoms with Gasteiger partial charge in [0.1, 0.15) is 0 Å². The summed E-state index contributed by atoms with van der Waals surface area (Å²) >= 11 is 0. The van der Waals surface area contributed by atoms with Crippen LogP contribution in [0.5, 0.6) is 0 Å². The maximum absolute atomic E-state index is 12.4. The molecule has 1 aliphatic rings. The molecule has 0 saturated carbocycles. The smallest absolute Gasteiger partial charge is 0.320 e. The van der Waals surface area contributed by atoms with Gasteiger partial charge >= 0.3 is 6.03 Å². The van der Waals surface area contributed by atoms with Crippen LogP contribution >= 0.6 is 0 Å². The summed E-state index contributed by atoms with van der Waals surface area (Å²) in [7, 11) is 1.88. The molecule has 1 heterocycles. The molecule has 1 fully saturated rings. The maximum atomic E-state index is 12.4. The first-order valence-electron chi connectivity index (χ1n) is 6.78. The second kappa shape index (κ2) is 6.24. The zero-order chi connectivity index (χ0) is 12.9. The zero-order valence-electron chi connectivity index (χ0n) is 11.5. The van der Waals surface area contributed by atoms with E-state index in [4.69, 9.17) is 5.73 Å². The maximum Gasteiger partial charge on any atom is 0.320 e. The van der Waals surface area contributed by atoms with E-state index in [1.807, 2.05) is 16.8 Å². The van der Waals surface area contributed by atoms with Crippen LogP contribution in [0.25, 0.3) is 0 Å². The summed E-state index contributed by atoms with van der Waals surface area (Å²) in [5.74, 6) is 0. The van der Waals surface area contributed by atoms with Gasteiger partial charge in [-0.1, -0.05) is 19.8 Å². The molecular formula is C13H27N3O. The number of likely N-dealkylation sites (tertiary alicyclic amines) is 1. The summed E-state index contributed by atoms with van der Waals surface area (Å²) < 4.78 is 0. The molecule has 0 bridgehead atoms. The fourth-order valence-corrected chi connectivity index (χ4v) is 2.22. The zero-order valence-corrected chi connectivity index (χ0v) is 11.5. The minimum Gasteiger partial charge on any atom is -0.328 e. The molecule has 1 saturated heterocycles. The molecule has 4 nitrogen and oxygen atoms in total. The van der Waals surface area contributed by atoms with Gasteiger partial charge in [0.15, 0.2) is 0 Å². The van der Waals surface area contributed by atoms with Crippen LogP contribution in [0.2, 0.25) is 0 Å². The highest BCUT2D eigenvalue weighted by molar-refractivity contribution is 5.75. The van der Waals surface area contributed by atoms with E-state index in [2.05, 4.69) is 13.8 Å². The molecule has 1 unspecified atom stereocenters. The number of likely N-dealkylation sites (N-methyl/N-ethyl adjacent to an activating group) is 1. The number of rotatable bonds is 3. The number of amides is 2. The molecule has 0 aromatic carbocycles. The van der Waals surface area contributed by atoms with E-state index in [0.717, 1.165) is 32.4 Å². The van der Waals surface area contributed by atoms with Crippen molar-refractivity contribution in [1.82, 2.24) is 9.80 Å². The van der Waals surface area contributed by atoms with Crippen LogP contribution in [-0.4, -0.2) is 48.1 Å². The van der Waals surface area contributed by atoms with Crippen LogP contribution in [0.3, 0.4) is 0 Å². The Kier molecular flexibility index (Phi) is 5.25. The average molecular weight is 241 g/mol. The quantitative estimate of drug-likeness (QED) is 0.822. The van der Waals surface area contributed by atoms with Crippen LogP contribution in [0.1, 0.15) is 46.0 Å². The molecule has 0 aromatic heterocycles. The first kappa shape index (κ1) is 14.3. The lowest BCUT2D eigenvalue weighted by atomic mass is 9.97. The third-order valence-electron chi connectivity index (χ3n) is 4.17. The van der Waals surface area contributed by atoms with Crippen LogP contribution in [0, 0.1) is 0 Å². The Bertz CT molecular complexity index is 243. The first-order chi connectivity index (χ1) is 8.05. The Balaban J connectivity index is 2.67. The number of carbonyl (C=O) groups excluding carboxylic acids is 1. The van der Waals surface area contributed by atoms with E-state index in [1.165, 1.54) is 12.8 Å². The highest BCUT2D eigenvalue weighted by atomic mass is 16.2. The van der Waals surface area contributed by atoms with Crippen molar-refractivity contribution < 1.29 is 4.79 Å². The second-order valence-electron chi connectivity index (χ2n) is 5.30. The highest BCUT2D eigenvalue weighted by Crippen LogP contribution is 2.19. The third-order valence-corrected chi connectivity index (χ3v) is 4.17. The van der Waals surface area contributed by atoms with Gasteiger partial charge in [0, 0.05) is 26.7 Å². The normalized spacial score (nSPS) is 20.6. The van der Waals surface area contributed by atoms with Crippen molar-refractivity contribution in [2.75, 3.05) is 26.7 Å². The van der Waals surface area contributed by atoms with Crippen molar-refractivity contribution in [3.8, 4) is 0 Å². The SMILES string of the molecule is CCC(C)(CN)N(C)C(=O)N1CCCCCC1. The Hall–Kier alpha value is -0.770. The van der Waals surface area contributed by atoms with Crippen molar-refractivity contribution in [2.45, 2.75) is 51.5 Å². The molecule has 100 valence electrons. The molecule has 1 rings (SSSR count). The van der Waals surface area contributed by atoms with Crippen LogP contribution in [-0.2, 0) is 0 Å². The molecule has 17 heavy (non-hydrogen) atoms. The lowest BCUT2D eigenvalue weighted by Crippen LogP contribution is -2.56. The van der Waals surface area contributed by atoms with Gasteiger partial charge < -0.3 is 15.5 Å². The van der Waals surface area contributed by atoms with Gasteiger partial charge in [-0.2, -0.15) is 0 Å². The molecule has 2 amide bonds. The third kappa shape index (κ3) is 3.35. The standard InChI is InChI=1S/C13H27N3O/c1-4-13(2,11-14)15(3)12(17)16-9-7-5-6-8-10-16/h4-11,14H2,1-3H3. The van der Waals surface area contributed by atoms with Crippen LogP contribution in [0.4, 0.5) is 4.79 Å². The summed E-state index contributed by atoms with van der Waals surface area (Å²) in [4.78, 5) is 16.2. The van der Waals surface area contributed by atoms with Crippen molar-refractivity contribution in [3.63, 3.8) is 0 Å². The predicted octanol–water partition coefficient (Wildman–Crippen LogP) is 2.04. The molecule has 1 aliphatic heterocycles. The lowest BCUT2D eigenvalue weighted by molar-refractivity contribution is 0.112. The summed E-state index contributed by atoms with van der Waals surface area (Å²) in [5, 5.41) is 0. The Morgan fingerprint density at radius 1 is 1.29 bits per heavy atom. The van der Waals surface area contributed by atoms with Gasteiger partial charge in [-0.05, 0) is 26.2 Å². The van der Waals surface area contributed by atoms with E-state index in [-0.39, 0.29) is 11.6 Å². The molecule has 2 N–H and O–H groups in total. The first-order valence-corrected chi connectivity index (χ1v) is 6.78. The topological polar surface area (TPSA) is 49.6 Å². The van der Waals surface area contributed by atoms with Crippen LogP contribution in [0.15, 0.2) is 0 Å². The number of urea groups is 1. The van der Waals surface area contributed by atoms with Crippen LogP contribution < -0.4 is 5.73 Å². The molecule has 0 aromatic rings.